The first-order valence-electron chi connectivity index (χ1n) is 9.49. The molecular weight excluding hydrogens is 326 g/mol. The Morgan fingerprint density at radius 3 is 2.77 bits per heavy atom. The van der Waals surface area contributed by atoms with Crippen LogP contribution in [0.2, 0.25) is 0 Å². The predicted octanol–water partition coefficient (Wildman–Crippen LogP) is 2.17. The number of aromatic amines is 1. The molecule has 1 aromatic rings. The van der Waals surface area contributed by atoms with Crippen LogP contribution in [0.25, 0.3) is 22.3 Å². The molecule has 7 heteroatoms. The first-order valence-corrected chi connectivity index (χ1v) is 9.49. The van der Waals surface area contributed by atoms with Crippen molar-refractivity contribution in [3.63, 3.8) is 0 Å². The normalized spacial score (nSPS) is 18.8. The highest BCUT2D eigenvalue weighted by Crippen LogP contribution is 2.35. The zero-order valence-corrected chi connectivity index (χ0v) is 15.6. The smallest absolute Gasteiger partial charge is 0.0973 e. The lowest BCUT2D eigenvalue weighted by atomic mass is 10.0. The van der Waals surface area contributed by atoms with Crippen molar-refractivity contribution >= 4 is 11.0 Å². The van der Waals surface area contributed by atoms with Gasteiger partial charge < -0.3 is 4.90 Å². The van der Waals surface area contributed by atoms with Crippen molar-refractivity contribution in [2.45, 2.75) is 45.3 Å². The molecule has 0 atom stereocenters. The molecule has 0 amide bonds. The van der Waals surface area contributed by atoms with Crippen molar-refractivity contribution in [1.29, 1.82) is 0 Å². The fraction of sp³-hybridized carbons (Fsp3) is 0.526. The Morgan fingerprint density at radius 2 is 2.00 bits per heavy atom. The van der Waals surface area contributed by atoms with E-state index in [1.54, 1.807) is 0 Å². The van der Waals surface area contributed by atoms with Crippen LogP contribution < -0.4 is 5.36 Å². The number of hydrogen-bond acceptors (Lipinski definition) is 5. The SMILES string of the molecule is CC(C)n1[nH]c2cnnc3ccc4c(c1-c32)CN(C1CCN(C)CC1)N=4. The van der Waals surface area contributed by atoms with E-state index in [1.165, 1.54) is 24.1 Å². The summed E-state index contributed by atoms with van der Waals surface area (Å²) < 4.78 is 2.24. The Morgan fingerprint density at radius 1 is 1.19 bits per heavy atom. The minimum Gasteiger partial charge on any atom is -0.306 e. The van der Waals surface area contributed by atoms with Crippen molar-refractivity contribution in [2.24, 2.45) is 5.10 Å². The number of aromatic nitrogens is 4. The molecule has 0 bridgehead atoms. The van der Waals surface area contributed by atoms with E-state index >= 15 is 0 Å². The van der Waals surface area contributed by atoms with Crippen LogP contribution in [-0.2, 0) is 6.54 Å². The van der Waals surface area contributed by atoms with Crippen LogP contribution in [0.15, 0.2) is 23.4 Å². The summed E-state index contributed by atoms with van der Waals surface area (Å²) in [6.45, 7) is 7.57. The van der Waals surface area contributed by atoms with Gasteiger partial charge in [-0.3, -0.25) is 14.8 Å². The van der Waals surface area contributed by atoms with Gasteiger partial charge in [-0.15, -0.1) is 0 Å². The van der Waals surface area contributed by atoms with Crippen LogP contribution in [0.4, 0.5) is 0 Å². The molecular formula is C19H25N7. The molecule has 1 N–H and O–H groups in total. The highest BCUT2D eigenvalue weighted by molar-refractivity contribution is 5.92. The topological polar surface area (TPSA) is 65.3 Å². The fourth-order valence-corrected chi connectivity index (χ4v) is 4.31. The van der Waals surface area contributed by atoms with Gasteiger partial charge in [-0.05, 0) is 59.0 Å². The quantitative estimate of drug-likeness (QED) is 0.768. The third-order valence-electron chi connectivity index (χ3n) is 5.77. The van der Waals surface area contributed by atoms with E-state index < -0.39 is 0 Å². The highest BCUT2D eigenvalue weighted by atomic mass is 15.5. The molecule has 1 saturated heterocycles. The molecule has 1 aromatic heterocycles. The van der Waals surface area contributed by atoms with Crippen LogP contribution in [0.3, 0.4) is 0 Å². The zero-order chi connectivity index (χ0) is 17.8. The van der Waals surface area contributed by atoms with Crippen molar-refractivity contribution in [3.8, 4) is 11.3 Å². The second kappa shape index (κ2) is 5.81. The Labute approximate surface area is 152 Å². The van der Waals surface area contributed by atoms with E-state index in [2.05, 4.69) is 62.9 Å². The minimum absolute atomic E-state index is 0.328. The molecule has 5 rings (SSSR count). The summed E-state index contributed by atoms with van der Waals surface area (Å²) in [5.41, 5.74) is 5.64. The Hall–Kier alpha value is -2.41. The summed E-state index contributed by atoms with van der Waals surface area (Å²) in [4.78, 5) is 2.40. The van der Waals surface area contributed by atoms with E-state index in [1.807, 2.05) is 6.20 Å². The molecule has 4 aliphatic rings. The Bertz CT molecular complexity index is 991. The van der Waals surface area contributed by atoms with Gasteiger partial charge in [0.25, 0.3) is 0 Å². The third-order valence-corrected chi connectivity index (χ3v) is 5.77. The molecule has 0 saturated carbocycles. The van der Waals surface area contributed by atoms with Crippen LogP contribution >= 0.6 is 0 Å². The minimum atomic E-state index is 0.328. The number of nitrogens with zero attached hydrogens (tertiary/aromatic N) is 6. The third kappa shape index (κ3) is 2.34. The van der Waals surface area contributed by atoms with E-state index in [0.717, 1.165) is 41.6 Å². The van der Waals surface area contributed by atoms with Gasteiger partial charge in [-0.25, -0.2) is 0 Å². The molecule has 4 heterocycles. The van der Waals surface area contributed by atoms with Crippen molar-refractivity contribution in [3.05, 3.63) is 29.3 Å². The average Bonchev–Trinajstić information content (AvgIpc) is 3.18. The van der Waals surface area contributed by atoms with E-state index in [9.17, 15) is 0 Å². The van der Waals surface area contributed by atoms with Gasteiger partial charge in [-0.1, -0.05) is 0 Å². The maximum atomic E-state index is 5.00. The lowest BCUT2D eigenvalue weighted by molar-refractivity contribution is 0.122. The van der Waals surface area contributed by atoms with E-state index in [0.29, 0.717) is 12.1 Å². The fourth-order valence-electron chi connectivity index (χ4n) is 4.31. The number of H-pyrrole nitrogens is 1. The van der Waals surface area contributed by atoms with E-state index in [-0.39, 0.29) is 0 Å². The number of hydrogen-bond donors (Lipinski definition) is 1. The highest BCUT2D eigenvalue weighted by Gasteiger charge is 2.30. The van der Waals surface area contributed by atoms with Crippen molar-refractivity contribution in [1.82, 2.24) is 29.9 Å². The number of piperidine rings is 1. The van der Waals surface area contributed by atoms with Gasteiger partial charge in [0.05, 0.1) is 40.4 Å². The van der Waals surface area contributed by atoms with Gasteiger partial charge >= 0.3 is 0 Å². The number of nitrogens with one attached hydrogen (secondary N) is 1. The van der Waals surface area contributed by atoms with Gasteiger partial charge in [0.1, 0.15) is 0 Å². The molecule has 1 aliphatic carbocycles. The molecule has 136 valence electrons. The molecule has 0 spiro atoms. The lowest BCUT2D eigenvalue weighted by Crippen LogP contribution is -2.40. The number of rotatable bonds is 2. The zero-order valence-electron chi connectivity index (χ0n) is 15.6. The summed E-state index contributed by atoms with van der Waals surface area (Å²) in [5.74, 6) is 0. The summed E-state index contributed by atoms with van der Waals surface area (Å²) in [7, 11) is 2.20. The van der Waals surface area contributed by atoms with Crippen LogP contribution in [0.5, 0.6) is 0 Å². The van der Waals surface area contributed by atoms with Crippen LogP contribution in [0.1, 0.15) is 38.3 Å². The molecule has 3 aliphatic heterocycles. The predicted molar refractivity (Wildman–Crippen MR) is 101 cm³/mol. The molecule has 7 nitrogen and oxygen atoms in total. The van der Waals surface area contributed by atoms with Crippen molar-refractivity contribution < 1.29 is 0 Å². The standard InChI is InChI=1S/C19H25N7/c1-12(2)26-19-14-11-25(13-6-8-24(3)9-7-13)22-15(14)4-5-16-18(19)17(23-26)10-20-21-16/h4-5,10,12-13,23H,6-9,11H2,1-3H3. The van der Waals surface area contributed by atoms with Crippen molar-refractivity contribution in [2.75, 3.05) is 20.1 Å². The number of likely N-dealkylation sites (tertiary alicyclic amines) is 1. The van der Waals surface area contributed by atoms with Crippen LogP contribution in [-0.4, -0.2) is 56.1 Å². The molecule has 0 radical (unpaired) electrons. The van der Waals surface area contributed by atoms with Gasteiger partial charge in [0.2, 0.25) is 0 Å². The summed E-state index contributed by atoms with van der Waals surface area (Å²) in [6.07, 6.45) is 4.18. The molecule has 0 aromatic carbocycles. The first kappa shape index (κ1) is 15.8. The van der Waals surface area contributed by atoms with E-state index in [4.69, 9.17) is 5.10 Å². The summed E-state index contributed by atoms with van der Waals surface area (Å²) in [6, 6.07) is 5.03. The first-order chi connectivity index (χ1) is 12.6. The monoisotopic (exact) mass is 351 g/mol. The Balaban J connectivity index is 1.65. The van der Waals surface area contributed by atoms with Crippen LogP contribution in [0, 0.1) is 0 Å². The lowest BCUT2D eigenvalue weighted by Gasteiger charge is -2.34. The Kier molecular flexibility index (Phi) is 3.53. The van der Waals surface area contributed by atoms with Gasteiger partial charge in [-0.2, -0.15) is 15.3 Å². The number of fused-ring (bicyclic) bond motifs is 2. The largest absolute Gasteiger partial charge is 0.306 e. The maximum Gasteiger partial charge on any atom is 0.0973 e. The molecule has 1 fully saturated rings. The van der Waals surface area contributed by atoms with Gasteiger partial charge in [0, 0.05) is 17.6 Å². The van der Waals surface area contributed by atoms with Gasteiger partial charge in [0.15, 0.2) is 0 Å². The molecule has 0 unspecified atom stereocenters. The summed E-state index contributed by atoms with van der Waals surface area (Å²) in [5, 5.41) is 20.4. The second-order valence-electron chi connectivity index (χ2n) is 7.87. The summed E-state index contributed by atoms with van der Waals surface area (Å²) >= 11 is 0. The second-order valence-corrected chi connectivity index (χ2v) is 7.87. The molecule has 26 heavy (non-hydrogen) atoms. The maximum absolute atomic E-state index is 5.00. The average molecular weight is 351 g/mol.